The maximum atomic E-state index is 5.10. The number of rotatable bonds is 2. The zero-order valence-electron chi connectivity index (χ0n) is 7.79. The molecule has 1 unspecified atom stereocenters. The third kappa shape index (κ3) is 1.98. The molecule has 0 radical (unpaired) electrons. The average molecular weight is 165 g/mol. The Kier molecular flexibility index (Phi) is 2.71. The molecular weight excluding hydrogens is 150 g/mol. The zero-order chi connectivity index (χ0) is 9.03. The van der Waals surface area contributed by atoms with E-state index < -0.39 is 0 Å². The van der Waals surface area contributed by atoms with Gasteiger partial charge >= 0.3 is 0 Å². The van der Waals surface area contributed by atoms with Crippen LogP contribution in [0.25, 0.3) is 0 Å². The fraction of sp³-hybridized carbons (Fsp3) is 0.400. The molecule has 12 heavy (non-hydrogen) atoms. The molecule has 0 heterocycles. The number of methoxy groups -OCH3 is 1. The summed E-state index contributed by atoms with van der Waals surface area (Å²) in [6, 6.07) is 0. The molecule has 0 aromatic heterocycles. The Morgan fingerprint density at radius 2 is 2.17 bits per heavy atom. The van der Waals surface area contributed by atoms with Gasteiger partial charge in [0.05, 0.1) is 12.6 Å². The number of likely N-dealkylation sites (N-methyl/N-ethyl adjacent to an activating group) is 1. The van der Waals surface area contributed by atoms with Crippen LogP contribution in [0.3, 0.4) is 0 Å². The predicted octanol–water partition coefficient (Wildman–Crippen LogP) is 1.62. The molecule has 0 spiro atoms. The van der Waals surface area contributed by atoms with Gasteiger partial charge in [-0.2, -0.15) is 0 Å². The molecule has 0 bridgehead atoms. The molecular formula is C10H15NO. The SMILES string of the molecule is CNC1(C)C=CC=C(OC)C=C1. The summed E-state index contributed by atoms with van der Waals surface area (Å²) in [5.74, 6) is 0.880. The van der Waals surface area contributed by atoms with Crippen molar-refractivity contribution in [2.75, 3.05) is 14.2 Å². The van der Waals surface area contributed by atoms with Crippen LogP contribution in [-0.4, -0.2) is 19.7 Å². The van der Waals surface area contributed by atoms with Crippen LogP contribution >= 0.6 is 0 Å². The van der Waals surface area contributed by atoms with Crippen LogP contribution in [0.5, 0.6) is 0 Å². The Bertz CT molecular complexity index is 240. The number of hydrogen-bond acceptors (Lipinski definition) is 2. The van der Waals surface area contributed by atoms with Crippen molar-refractivity contribution in [2.45, 2.75) is 12.5 Å². The van der Waals surface area contributed by atoms with Crippen molar-refractivity contribution in [3.63, 3.8) is 0 Å². The Labute approximate surface area is 73.6 Å². The Morgan fingerprint density at radius 1 is 1.42 bits per heavy atom. The van der Waals surface area contributed by atoms with E-state index in [1.165, 1.54) is 0 Å². The van der Waals surface area contributed by atoms with Crippen LogP contribution in [0.4, 0.5) is 0 Å². The van der Waals surface area contributed by atoms with Crippen molar-refractivity contribution >= 4 is 0 Å². The molecule has 1 atom stereocenters. The van der Waals surface area contributed by atoms with E-state index in [-0.39, 0.29) is 5.54 Å². The Hall–Kier alpha value is -1.02. The zero-order valence-corrected chi connectivity index (χ0v) is 7.79. The van der Waals surface area contributed by atoms with Crippen molar-refractivity contribution in [2.24, 2.45) is 0 Å². The van der Waals surface area contributed by atoms with Gasteiger partial charge in [0.2, 0.25) is 0 Å². The number of ether oxygens (including phenoxy) is 1. The lowest BCUT2D eigenvalue weighted by molar-refractivity contribution is 0.306. The van der Waals surface area contributed by atoms with Crippen molar-refractivity contribution in [1.29, 1.82) is 0 Å². The first-order chi connectivity index (χ1) is 5.70. The molecule has 0 aromatic carbocycles. The third-order valence-electron chi connectivity index (χ3n) is 2.07. The van der Waals surface area contributed by atoms with Gasteiger partial charge < -0.3 is 10.1 Å². The van der Waals surface area contributed by atoms with Crippen LogP contribution < -0.4 is 5.32 Å². The van der Waals surface area contributed by atoms with Crippen LogP contribution in [0.1, 0.15) is 6.92 Å². The van der Waals surface area contributed by atoms with Crippen molar-refractivity contribution in [1.82, 2.24) is 5.32 Å². The van der Waals surface area contributed by atoms with E-state index >= 15 is 0 Å². The predicted molar refractivity (Wildman–Crippen MR) is 50.8 cm³/mol. The van der Waals surface area contributed by atoms with E-state index in [4.69, 9.17) is 4.74 Å². The van der Waals surface area contributed by atoms with Crippen molar-refractivity contribution in [3.8, 4) is 0 Å². The quantitative estimate of drug-likeness (QED) is 0.671. The summed E-state index contributed by atoms with van der Waals surface area (Å²) in [6.45, 7) is 2.10. The van der Waals surface area contributed by atoms with E-state index in [1.807, 2.05) is 25.3 Å². The molecule has 0 fully saturated rings. The first-order valence-corrected chi connectivity index (χ1v) is 4.02. The van der Waals surface area contributed by atoms with Gasteiger partial charge in [-0.15, -0.1) is 0 Å². The molecule has 1 aliphatic carbocycles. The lowest BCUT2D eigenvalue weighted by atomic mass is 10.0. The van der Waals surface area contributed by atoms with Crippen LogP contribution in [-0.2, 0) is 4.74 Å². The summed E-state index contributed by atoms with van der Waals surface area (Å²) in [7, 11) is 3.61. The number of allylic oxidation sites excluding steroid dienone is 3. The lowest BCUT2D eigenvalue weighted by Crippen LogP contribution is -2.34. The normalized spacial score (nSPS) is 28.1. The molecule has 66 valence electrons. The fourth-order valence-electron chi connectivity index (χ4n) is 1.01. The largest absolute Gasteiger partial charge is 0.497 e. The number of hydrogen-bond donors (Lipinski definition) is 1. The molecule has 1 aliphatic rings. The van der Waals surface area contributed by atoms with Gasteiger partial charge in [0.15, 0.2) is 0 Å². The van der Waals surface area contributed by atoms with E-state index in [9.17, 15) is 0 Å². The number of nitrogens with one attached hydrogen (secondary N) is 1. The van der Waals surface area contributed by atoms with Gasteiger partial charge in [0.1, 0.15) is 5.76 Å². The molecule has 0 saturated heterocycles. The van der Waals surface area contributed by atoms with Crippen LogP contribution in [0, 0.1) is 0 Å². The maximum absolute atomic E-state index is 5.10. The minimum absolute atomic E-state index is 0.0587. The highest BCUT2D eigenvalue weighted by molar-refractivity contribution is 5.30. The lowest BCUT2D eigenvalue weighted by Gasteiger charge is -2.19. The third-order valence-corrected chi connectivity index (χ3v) is 2.07. The second-order valence-corrected chi connectivity index (χ2v) is 3.00. The maximum Gasteiger partial charge on any atom is 0.118 e. The molecule has 0 aliphatic heterocycles. The molecule has 0 aromatic rings. The smallest absolute Gasteiger partial charge is 0.118 e. The minimum Gasteiger partial charge on any atom is -0.497 e. The molecule has 2 heteroatoms. The van der Waals surface area contributed by atoms with Crippen LogP contribution in [0.15, 0.2) is 36.1 Å². The first kappa shape index (κ1) is 9.07. The molecule has 1 N–H and O–H groups in total. The second kappa shape index (κ2) is 3.59. The standard InChI is InChI=1S/C10H15NO/c1-10(11-2)7-4-5-9(12-3)6-8-10/h4-8,11H,1-3H3. The topological polar surface area (TPSA) is 21.3 Å². The molecule has 0 saturated carbocycles. The van der Waals surface area contributed by atoms with Gasteiger partial charge in [-0.25, -0.2) is 0 Å². The first-order valence-electron chi connectivity index (χ1n) is 4.02. The molecule has 0 amide bonds. The molecule has 2 nitrogen and oxygen atoms in total. The molecule has 1 rings (SSSR count). The van der Waals surface area contributed by atoms with Gasteiger partial charge in [0.25, 0.3) is 0 Å². The van der Waals surface area contributed by atoms with E-state index in [2.05, 4.69) is 24.4 Å². The summed E-state index contributed by atoms with van der Waals surface area (Å²) >= 11 is 0. The highest BCUT2D eigenvalue weighted by atomic mass is 16.5. The van der Waals surface area contributed by atoms with E-state index in [0.29, 0.717) is 0 Å². The monoisotopic (exact) mass is 165 g/mol. The summed E-state index contributed by atoms with van der Waals surface area (Å²) in [5, 5.41) is 3.20. The van der Waals surface area contributed by atoms with Gasteiger partial charge in [0, 0.05) is 0 Å². The van der Waals surface area contributed by atoms with E-state index in [1.54, 1.807) is 7.11 Å². The van der Waals surface area contributed by atoms with Gasteiger partial charge in [-0.3, -0.25) is 0 Å². The minimum atomic E-state index is -0.0587. The Balaban J connectivity index is 2.82. The highest BCUT2D eigenvalue weighted by Gasteiger charge is 2.14. The fourth-order valence-corrected chi connectivity index (χ4v) is 1.01. The van der Waals surface area contributed by atoms with Crippen LogP contribution in [0.2, 0.25) is 0 Å². The average Bonchev–Trinajstić information content (AvgIpc) is 2.28. The van der Waals surface area contributed by atoms with E-state index in [0.717, 1.165) is 5.76 Å². The highest BCUT2D eigenvalue weighted by Crippen LogP contribution is 2.13. The summed E-state index contributed by atoms with van der Waals surface area (Å²) in [4.78, 5) is 0. The Morgan fingerprint density at radius 3 is 2.75 bits per heavy atom. The second-order valence-electron chi connectivity index (χ2n) is 3.00. The van der Waals surface area contributed by atoms with Crippen molar-refractivity contribution in [3.05, 3.63) is 36.1 Å². The van der Waals surface area contributed by atoms with Crippen molar-refractivity contribution < 1.29 is 4.74 Å². The van der Waals surface area contributed by atoms with Gasteiger partial charge in [-0.1, -0.05) is 18.2 Å². The summed E-state index contributed by atoms with van der Waals surface area (Å²) < 4.78 is 5.10. The van der Waals surface area contributed by atoms with Gasteiger partial charge in [-0.05, 0) is 26.1 Å². The summed E-state index contributed by atoms with van der Waals surface area (Å²) in [5.41, 5.74) is -0.0587. The summed E-state index contributed by atoms with van der Waals surface area (Å²) in [6.07, 6.45) is 10.1.